The van der Waals surface area contributed by atoms with Crippen molar-refractivity contribution in [2.45, 2.75) is 52.4 Å². The van der Waals surface area contributed by atoms with Gasteiger partial charge in [0, 0.05) is 101 Å². The van der Waals surface area contributed by atoms with Crippen LogP contribution in [0.4, 0.5) is 68.2 Å². The minimum atomic E-state index is -0.276. The third-order valence-electron chi connectivity index (χ3n) is 26.8. The monoisotopic (exact) mass is 1520 g/mol. The molecule has 6 nitrogen and oxygen atoms in total. The lowest BCUT2D eigenvalue weighted by Gasteiger charge is -2.52. The molecule has 2 aromatic heterocycles. The number of hydrogen-bond donors (Lipinski definition) is 0. The standard InChI is InChI=1S/C110H79B3N6/c1-109(2,3)76-49-51-88-96(61-76)118-100-65-82(114(78-39-23-11-24-40-78)79-41-25-12-26-42-79)63-98-102(100)112(90-59-74(70-35-19-9-20-36-70)57-86-84-55-72(68-31-15-7-16-32-68)47-53-94(84)116(98)105(86)90)92-67-93-108-104(107(92)118)111(88)89-52-50-77(110(4,5)6)62-97(89)119(108)101-66-83(115(80-43-27-13-28-44-80)81-45-29-14-30-46-81)64-99-103(101)113(93)91-60-75(71-37-21-10-22-38-71)58-87-85-56-73(69-33-17-8-18-34-69)48-54-95(85)117(99)106(87)91/h7-67H,1-6H3. The summed E-state index contributed by atoms with van der Waals surface area (Å²) in [7, 11) is 0. The van der Waals surface area contributed by atoms with Crippen LogP contribution >= 0.6 is 0 Å². The lowest BCUT2D eigenvalue weighted by atomic mass is 9.26. The van der Waals surface area contributed by atoms with Crippen molar-refractivity contribution in [1.82, 2.24) is 9.13 Å². The van der Waals surface area contributed by atoms with Gasteiger partial charge in [-0.25, -0.2) is 0 Å². The van der Waals surface area contributed by atoms with E-state index in [1.807, 2.05) is 0 Å². The first kappa shape index (κ1) is 68.0. The highest BCUT2D eigenvalue weighted by atomic mass is 15.2. The minimum Gasteiger partial charge on any atom is -0.312 e. The molecule has 25 rings (SSSR count). The number of benzene rings is 17. The molecular formula is C110H79B3N6. The average Bonchev–Trinajstić information content (AvgIpc) is 1.62. The SMILES string of the molecule is CC(C)(C)c1ccc2c(c1)N1c3cc(N(c4ccccc4)c4ccccc4)cc4c3B(c3cc5c6c(c31)B2c1ccc(C(C)(C)C)cc1N6c1cc(N(c2ccccc2)c2ccccc2)cc2c1B5c1cc(-c3ccccc3)cc3c5cc(-c6ccccc6)ccc5n-2c13)c1cc(-c2ccccc2)cc2c3cc(-c5ccccc5)ccc3n-4c12. The number of aromatic nitrogens is 2. The van der Waals surface area contributed by atoms with Gasteiger partial charge in [0.1, 0.15) is 0 Å². The van der Waals surface area contributed by atoms with Crippen LogP contribution < -0.4 is 68.8 Å². The van der Waals surface area contributed by atoms with Crippen molar-refractivity contribution in [1.29, 1.82) is 0 Å². The minimum absolute atomic E-state index is 0.201. The van der Waals surface area contributed by atoms with Crippen LogP contribution in [0.1, 0.15) is 52.7 Å². The van der Waals surface area contributed by atoms with Crippen LogP contribution in [-0.4, -0.2) is 29.3 Å². The van der Waals surface area contributed by atoms with E-state index in [9.17, 15) is 0 Å². The first-order chi connectivity index (χ1) is 58.3. The zero-order valence-corrected chi connectivity index (χ0v) is 67.1. The van der Waals surface area contributed by atoms with Gasteiger partial charge in [0.2, 0.25) is 0 Å². The second kappa shape index (κ2) is 25.1. The molecule has 0 unspecified atom stereocenters. The Morgan fingerprint density at radius 1 is 0.218 bits per heavy atom. The first-order valence-electron chi connectivity index (χ1n) is 42.1. The molecule has 6 aliphatic heterocycles. The van der Waals surface area contributed by atoms with Crippen molar-refractivity contribution in [3.05, 3.63) is 381 Å². The van der Waals surface area contributed by atoms with Gasteiger partial charge in [-0.1, -0.05) is 290 Å². The summed E-state index contributed by atoms with van der Waals surface area (Å²) in [4.78, 5) is 10.6. The van der Waals surface area contributed by atoms with Gasteiger partial charge in [-0.15, -0.1) is 0 Å². The lowest BCUT2D eigenvalue weighted by Crippen LogP contribution is -2.72. The zero-order valence-electron chi connectivity index (χ0n) is 67.1. The molecule has 0 saturated carbocycles. The van der Waals surface area contributed by atoms with Crippen LogP contribution in [0.3, 0.4) is 0 Å². The lowest BCUT2D eigenvalue weighted by molar-refractivity contribution is 0.590. The largest absolute Gasteiger partial charge is 0.312 e. The number of rotatable bonds is 10. The van der Waals surface area contributed by atoms with Gasteiger partial charge in [0.15, 0.2) is 0 Å². The maximum Gasteiger partial charge on any atom is 0.252 e. The predicted octanol–water partition coefficient (Wildman–Crippen LogP) is 22.5. The molecule has 0 amide bonds. The second-order valence-corrected chi connectivity index (χ2v) is 35.5. The maximum absolute atomic E-state index is 2.81. The van der Waals surface area contributed by atoms with E-state index >= 15 is 0 Å². The number of nitrogens with zero attached hydrogens (tertiary/aromatic N) is 6. The molecule has 558 valence electrons. The van der Waals surface area contributed by atoms with Crippen LogP contribution in [-0.2, 0) is 10.8 Å². The summed E-state index contributed by atoms with van der Waals surface area (Å²) in [5.41, 5.74) is 44.5. The van der Waals surface area contributed by atoms with Crippen molar-refractivity contribution in [2.75, 3.05) is 19.6 Å². The number of hydrogen-bond acceptors (Lipinski definition) is 4. The molecule has 0 saturated heterocycles. The molecule has 0 fully saturated rings. The van der Waals surface area contributed by atoms with E-state index in [4.69, 9.17) is 0 Å². The van der Waals surface area contributed by atoms with E-state index < -0.39 is 0 Å². The third kappa shape index (κ3) is 9.87. The Bertz CT molecular complexity index is 6980. The number of para-hydroxylation sites is 4. The Morgan fingerprint density at radius 3 is 0.874 bits per heavy atom. The van der Waals surface area contributed by atoms with Gasteiger partial charge in [-0.2, -0.15) is 0 Å². The van der Waals surface area contributed by atoms with Gasteiger partial charge in [0.25, 0.3) is 20.1 Å². The Balaban J connectivity index is 0.883. The van der Waals surface area contributed by atoms with Gasteiger partial charge >= 0.3 is 0 Å². The van der Waals surface area contributed by atoms with Crippen LogP contribution in [0.15, 0.2) is 370 Å². The Morgan fingerprint density at radius 2 is 0.529 bits per heavy atom. The van der Waals surface area contributed by atoms with E-state index in [1.165, 1.54) is 194 Å². The molecule has 0 radical (unpaired) electrons. The molecule has 19 aromatic rings. The Hall–Kier alpha value is -14.3. The van der Waals surface area contributed by atoms with Gasteiger partial charge in [0.05, 0.1) is 22.4 Å². The van der Waals surface area contributed by atoms with Crippen LogP contribution in [0.25, 0.3) is 99.5 Å². The maximum atomic E-state index is 2.81. The first-order valence-corrected chi connectivity index (χ1v) is 42.1. The Kier molecular flexibility index (Phi) is 14.4. The molecule has 0 bridgehead atoms. The highest BCUT2D eigenvalue weighted by molar-refractivity contribution is 7.08. The van der Waals surface area contributed by atoms with E-state index in [1.54, 1.807) is 0 Å². The summed E-state index contributed by atoms with van der Waals surface area (Å²) < 4.78 is 5.38. The fraction of sp³-hybridized carbons (Fsp3) is 0.0727. The number of fused-ring (bicyclic) bond motifs is 20. The molecule has 6 aliphatic rings. The van der Waals surface area contributed by atoms with Crippen LogP contribution in [0.2, 0.25) is 0 Å². The van der Waals surface area contributed by atoms with Crippen LogP contribution in [0, 0.1) is 0 Å². The third-order valence-corrected chi connectivity index (χ3v) is 26.8. The molecule has 0 aliphatic carbocycles. The molecule has 0 spiro atoms. The normalized spacial score (nSPS) is 13.4. The summed E-state index contributed by atoms with van der Waals surface area (Å²) in [6.45, 7) is 13.6. The summed E-state index contributed by atoms with van der Waals surface area (Å²) in [6, 6.07) is 142. The smallest absolute Gasteiger partial charge is 0.252 e. The topological polar surface area (TPSA) is 22.8 Å². The molecular weight excluding hydrogens is 1440 g/mol. The van der Waals surface area contributed by atoms with E-state index in [0.29, 0.717) is 0 Å². The molecule has 0 N–H and O–H groups in total. The highest BCUT2D eigenvalue weighted by Crippen LogP contribution is 2.54. The summed E-state index contributed by atoms with van der Waals surface area (Å²) in [5, 5.41) is 4.93. The molecule has 9 heteroatoms. The molecule has 0 atom stereocenters. The fourth-order valence-electron chi connectivity index (χ4n) is 21.5. The zero-order chi connectivity index (χ0) is 79.0. The van der Waals surface area contributed by atoms with Crippen LogP contribution in [0.5, 0.6) is 0 Å². The van der Waals surface area contributed by atoms with E-state index in [-0.39, 0.29) is 31.0 Å². The van der Waals surface area contributed by atoms with E-state index in [2.05, 4.69) is 440 Å². The van der Waals surface area contributed by atoms with Crippen molar-refractivity contribution < 1.29 is 0 Å². The van der Waals surface area contributed by atoms with Gasteiger partial charge in [-0.3, -0.25) is 0 Å². The fourth-order valence-corrected chi connectivity index (χ4v) is 21.5. The summed E-state index contributed by atoms with van der Waals surface area (Å²) in [6.07, 6.45) is 0. The molecule has 8 heterocycles. The molecule has 119 heavy (non-hydrogen) atoms. The van der Waals surface area contributed by atoms with Gasteiger partial charge in [-0.05, 0) is 237 Å². The van der Waals surface area contributed by atoms with Crippen molar-refractivity contribution in [3.8, 4) is 55.9 Å². The quantitative estimate of drug-likeness (QED) is 0.127. The van der Waals surface area contributed by atoms with Gasteiger partial charge < -0.3 is 28.7 Å². The van der Waals surface area contributed by atoms with E-state index in [0.717, 1.165) is 34.1 Å². The molecule has 17 aromatic carbocycles. The van der Waals surface area contributed by atoms with Crippen molar-refractivity contribution in [2.24, 2.45) is 0 Å². The summed E-state index contributed by atoms with van der Waals surface area (Å²) >= 11 is 0. The average molecular weight is 1520 g/mol. The Labute approximate surface area is 694 Å². The highest BCUT2D eigenvalue weighted by Gasteiger charge is 2.56. The number of anilines is 12. The van der Waals surface area contributed by atoms with Crippen molar-refractivity contribution in [3.63, 3.8) is 0 Å². The second-order valence-electron chi connectivity index (χ2n) is 35.5. The predicted molar refractivity (Wildman–Crippen MR) is 507 cm³/mol. The summed E-state index contributed by atoms with van der Waals surface area (Å²) in [5.74, 6) is 0. The van der Waals surface area contributed by atoms with Crippen molar-refractivity contribution >= 4 is 181 Å².